The molecule has 0 aliphatic rings. The molecule has 2 rings (SSSR count). The third-order valence-electron chi connectivity index (χ3n) is 3.15. The first-order chi connectivity index (χ1) is 9.60. The van der Waals surface area contributed by atoms with Gasteiger partial charge in [-0.3, -0.25) is 4.79 Å². The van der Waals surface area contributed by atoms with Crippen molar-refractivity contribution in [2.75, 3.05) is 6.26 Å². The summed E-state index contributed by atoms with van der Waals surface area (Å²) in [6, 6.07) is 15.4. The number of rotatable bonds is 5. The van der Waals surface area contributed by atoms with Gasteiger partial charge in [-0.15, -0.1) is 11.8 Å². The first-order valence-electron chi connectivity index (χ1n) is 6.32. The molecular weight excluding hydrogens is 270 g/mol. The zero-order valence-corrected chi connectivity index (χ0v) is 12.1. The molecule has 0 heterocycles. The summed E-state index contributed by atoms with van der Waals surface area (Å²) >= 11 is 1.72. The highest BCUT2D eigenvalue weighted by Gasteiger charge is 2.11. The van der Waals surface area contributed by atoms with Crippen LogP contribution in [0.1, 0.15) is 5.56 Å². The minimum Gasteiger partial charge on any atom is -0.480 e. The van der Waals surface area contributed by atoms with Crippen LogP contribution in [0.5, 0.6) is 0 Å². The van der Waals surface area contributed by atoms with E-state index < -0.39 is 12.0 Å². The van der Waals surface area contributed by atoms with Crippen LogP contribution >= 0.6 is 11.8 Å². The number of thioether (sulfide) groups is 1. The van der Waals surface area contributed by atoms with Gasteiger partial charge in [0.2, 0.25) is 0 Å². The molecule has 0 aromatic heterocycles. The van der Waals surface area contributed by atoms with Gasteiger partial charge in [0.15, 0.2) is 0 Å². The van der Waals surface area contributed by atoms with E-state index in [9.17, 15) is 4.79 Å². The Morgan fingerprint density at radius 1 is 1.10 bits per heavy atom. The number of hydrogen-bond acceptors (Lipinski definition) is 3. The van der Waals surface area contributed by atoms with Crippen molar-refractivity contribution in [3.05, 3.63) is 54.1 Å². The molecule has 1 atom stereocenters. The summed E-state index contributed by atoms with van der Waals surface area (Å²) in [6.45, 7) is 0. The van der Waals surface area contributed by atoms with E-state index in [-0.39, 0.29) is 0 Å². The Hall–Kier alpha value is -1.78. The smallest absolute Gasteiger partial charge is 0.320 e. The molecule has 3 nitrogen and oxygen atoms in total. The Balaban J connectivity index is 2.12. The molecular formula is C16H17NO2S. The van der Waals surface area contributed by atoms with E-state index in [2.05, 4.69) is 30.5 Å². The van der Waals surface area contributed by atoms with Gasteiger partial charge in [0.05, 0.1) is 0 Å². The highest BCUT2D eigenvalue weighted by molar-refractivity contribution is 7.98. The lowest BCUT2D eigenvalue weighted by molar-refractivity contribution is -0.138. The first kappa shape index (κ1) is 14.6. The Bertz CT molecular complexity index is 578. The van der Waals surface area contributed by atoms with Gasteiger partial charge in [0.1, 0.15) is 6.04 Å². The fourth-order valence-electron chi connectivity index (χ4n) is 1.96. The van der Waals surface area contributed by atoms with Crippen LogP contribution in [0.15, 0.2) is 53.4 Å². The van der Waals surface area contributed by atoms with Crippen LogP contribution in [0, 0.1) is 0 Å². The molecule has 2 aromatic rings. The maximum atomic E-state index is 10.7. The van der Waals surface area contributed by atoms with E-state index in [0.717, 1.165) is 16.7 Å². The summed E-state index contributed by atoms with van der Waals surface area (Å²) in [5.74, 6) is -0.971. The summed E-state index contributed by atoms with van der Waals surface area (Å²) in [5, 5.41) is 8.80. The van der Waals surface area contributed by atoms with E-state index in [4.69, 9.17) is 10.8 Å². The SMILES string of the molecule is CSc1ccc(-c2ccc(CC(N)C(=O)O)cc2)cc1. The third kappa shape index (κ3) is 3.62. The summed E-state index contributed by atoms with van der Waals surface area (Å²) in [7, 11) is 0. The molecule has 0 aliphatic heterocycles. The monoisotopic (exact) mass is 287 g/mol. The molecule has 0 amide bonds. The molecule has 1 unspecified atom stereocenters. The Kier molecular flexibility index (Phi) is 4.82. The van der Waals surface area contributed by atoms with Gasteiger partial charge in [-0.25, -0.2) is 0 Å². The van der Waals surface area contributed by atoms with Gasteiger partial charge in [-0.2, -0.15) is 0 Å². The van der Waals surface area contributed by atoms with E-state index in [1.165, 1.54) is 4.90 Å². The van der Waals surface area contributed by atoms with Crippen LogP contribution in [0.2, 0.25) is 0 Å². The van der Waals surface area contributed by atoms with Crippen molar-refractivity contribution in [3.8, 4) is 11.1 Å². The van der Waals surface area contributed by atoms with Crippen LogP contribution in [-0.4, -0.2) is 23.4 Å². The number of carbonyl (C=O) groups is 1. The second-order valence-corrected chi connectivity index (χ2v) is 5.45. The molecule has 0 spiro atoms. The molecule has 2 aromatic carbocycles. The molecule has 0 saturated carbocycles. The van der Waals surface area contributed by atoms with Crippen LogP contribution < -0.4 is 5.73 Å². The van der Waals surface area contributed by atoms with Crippen LogP contribution in [0.25, 0.3) is 11.1 Å². The number of hydrogen-bond donors (Lipinski definition) is 2. The number of carboxylic acid groups (broad SMARTS) is 1. The number of aliphatic carboxylic acids is 1. The zero-order chi connectivity index (χ0) is 14.5. The topological polar surface area (TPSA) is 63.3 Å². The lowest BCUT2D eigenvalue weighted by Crippen LogP contribution is -2.32. The summed E-state index contributed by atoms with van der Waals surface area (Å²) in [5.41, 5.74) is 8.73. The quantitative estimate of drug-likeness (QED) is 0.830. The van der Waals surface area contributed by atoms with Gasteiger partial charge in [-0.1, -0.05) is 36.4 Å². The second-order valence-electron chi connectivity index (χ2n) is 4.57. The standard InChI is InChI=1S/C16H17NO2S/c1-20-14-8-6-13(7-9-14)12-4-2-11(3-5-12)10-15(17)16(18)19/h2-9,15H,10,17H2,1H3,(H,18,19). The predicted molar refractivity (Wildman–Crippen MR) is 83.0 cm³/mol. The maximum absolute atomic E-state index is 10.7. The Morgan fingerprint density at radius 3 is 2.05 bits per heavy atom. The average molecular weight is 287 g/mol. The Morgan fingerprint density at radius 2 is 1.60 bits per heavy atom. The van der Waals surface area contributed by atoms with E-state index in [1.807, 2.05) is 24.3 Å². The van der Waals surface area contributed by atoms with E-state index in [0.29, 0.717) is 6.42 Å². The average Bonchev–Trinajstić information content (AvgIpc) is 2.48. The summed E-state index contributed by atoms with van der Waals surface area (Å²) in [4.78, 5) is 12.0. The minimum absolute atomic E-state index is 0.348. The van der Waals surface area contributed by atoms with Crippen LogP contribution in [0.3, 0.4) is 0 Å². The molecule has 4 heteroatoms. The molecule has 20 heavy (non-hydrogen) atoms. The van der Waals surface area contributed by atoms with Gasteiger partial charge in [0, 0.05) is 4.90 Å². The lowest BCUT2D eigenvalue weighted by Gasteiger charge is -2.08. The molecule has 104 valence electrons. The predicted octanol–water partition coefficient (Wildman–Crippen LogP) is 3.03. The number of benzene rings is 2. The van der Waals surface area contributed by atoms with Crippen LogP contribution in [-0.2, 0) is 11.2 Å². The van der Waals surface area contributed by atoms with Gasteiger partial charge in [-0.05, 0) is 41.5 Å². The third-order valence-corrected chi connectivity index (χ3v) is 3.89. The molecule has 0 aliphatic carbocycles. The van der Waals surface area contributed by atoms with Crippen molar-refractivity contribution in [1.82, 2.24) is 0 Å². The van der Waals surface area contributed by atoms with Crippen molar-refractivity contribution in [1.29, 1.82) is 0 Å². The van der Waals surface area contributed by atoms with Crippen molar-refractivity contribution in [2.45, 2.75) is 17.4 Å². The van der Waals surface area contributed by atoms with Crippen molar-refractivity contribution in [3.63, 3.8) is 0 Å². The molecule has 0 fully saturated rings. The van der Waals surface area contributed by atoms with Gasteiger partial charge in [0.25, 0.3) is 0 Å². The number of nitrogens with two attached hydrogens (primary N) is 1. The van der Waals surface area contributed by atoms with E-state index in [1.54, 1.807) is 11.8 Å². The van der Waals surface area contributed by atoms with Crippen molar-refractivity contribution >= 4 is 17.7 Å². The zero-order valence-electron chi connectivity index (χ0n) is 11.2. The molecule has 0 saturated heterocycles. The van der Waals surface area contributed by atoms with Crippen LogP contribution in [0.4, 0.5) is 0 Å². The van der Waals surface area contributed by atoms with Gasteiger partial charge >= 0.3 is 5.97 Å². The largest absolute Gasteiger partial charge is 0.480 e. The first-order valence-corrected chi connectivity index (χ1v) is 7.54. The van der Waals surface area contributed by atoms with Crippen molar-refractivity contribution in [2.24, 2.45) is 5.73 Å². The van der Waals surface area contributed by atoms with E-state index >= 15 is 0 Å². The summed E-state index contributed by atoms with van der Waals surface area (Å²) in [6.07, 6.45) is 2.40. The van der Waals surface area contributed by atoms with Crippen molar-refractivity contribution < 1.29 is 9.90 Å². The fraction of sp³-hybridized carbons (Fsp3) is 0.188. The molecule has 3 N–H and O–H groups in total. The minimum atomic E-state index is -0.971. The highest BCUT2D eigenvalue weighted by Crippen LogP contribution is 2.23. The highest BCUT2D eigenvalue weighted by atomic mass is 32.2. The van der Waals surface area contributed by atoms with Gasteiger partial charge < -0.3 is 10.8 Å². The maximum Gasteiger partial charge on any atom is 0.320 e. The Labute approximate surface area is 122 Å². The molecule has 0 bridgehead atoms. The fourth-order valence-corrected chi connectivity index (χ4v) is 2.37. The number of carboxylic acids is 1. The lowest BCUT2D eigenvalue weighted by atomic mass is 10.0. The second kappa shape index (κ2) is 6.59. The molecule has 0 radical (unpaired) electrons. The normalized spacial score (nSPS) is 12.1. The summed E-state index contributed by atoms with van der Waals surface area (Å²) < 4.78 is 0.